The van der Waals surface area contributed by atoms with Crippen LogP contribution in [0.25, 0.3) is 0 Å². The Morgan fingerprint density at radius 2 is 1.68 bits per heavy atom. The lowest BCUT2D eigenvalue weighted by molar-refractivity contribution is -0.385. The maximum Gasteiger partial charge on any atom is 0.407 e. The summed E-state index contributed by atoms with van der Waals surface area (Å²) in [6.45, 7) is 8.47. The number of amides is 1. The number of nitrogens with one attached hydrogen (secondary N) is 1. The number of methoxy groups -OCH3 is 1. The van der Waals surface area contributed by atoms with E-state index in [1.807, 2.05) is 0 Å². The molecule has 0 aliphatic rings. The summed E-state index contributed by atoms with van der Waals surface area (Å²) in [6.07, 6.45) is -0.463. The van der Waals surface area contributed by atoms with Crippen molar-refractivity contribution in [3.63, 3.8) is 0 Å². The van der Waals surface area contributed by atoms with E-state index in [1.165, 1.54) is 24.9 Å². The average Bonchev–Trinajstić information content (AvgIpc) is 2.69. The van der Waals surface area contributed by atoms with Crippen molar-refractivity contribution in [2.75, 3.05) is 59.0 Å². The Morgan fingerprint density at radius 3 is 2.26 bits per heavy atom. The number of nitrogens with zero attached hydrogens (tertiary/aromatic N) is 1. The second-order valence-corrected chi connectivity index (χ2v) is 8.37. The fourth-order valence-electron chi connectivity index (χ4n) is 2.20. The number of carbonyl (C=O) groups is 1. The molecule has 1 amide bonds. The molecule has 0 spiro atoms. The van der Waals surface area contributed by atoms with Gasteiger partial charge in [0.15, 0.2) is 5.75 Å². The van der Waals surface area contributed by atoms with E-state index in [0.717, 1.165) is 4.90 Å². The van der Waals surface area contributed by atoms with Crippen molar-refractivity contribution in [2.45, 2.75) is 31.3 Å². The minimum atomic E-state index is -0.516. The van der Waals surface area contributed by atoms with Gasteiger partial charge in [0.25, 0.3) is 0 Å². The molecular weight excluding hydrogens is 428 g/mol. The molecule has 0 aliphatic carbocycles. The highest BCUT2D eigenvalue weighted by Gasteiger charge is 2.15. The summed E-state index contributed by atoms with van der Waals surface area (Å²) >= 11 is 1.53. The van der Waals surface area contributed by atoms with Crippen LogP contribution in [0.1, 0.15) is 20.8 Å². The van der Waals surface area contributed by atoms with E-state index in [0.29, 0.717) is 51.9 Å². The largest absolute Gasteiger partial charge is 0.490 e. The van der Waals surface area contributed by atoms with Gasteiger partial charge in [-0.05, 0) is 26.8 Å². The van der Waals surface area contributed by atoms with Gasteiger partial charge in [0.2, 0.25) is 0 Å². The molecule has 0 aliphatic heterocycles. The van der Waals surface area contributed by atoms with Crippen LogP contribution in [0.3, 0.4) is 0 Å². The molecule has 0 heterocycles. The van der Waals surface area contributed by atoms with Gasteiger partial charge in [0.05, 0.1) is 51.7 Å². The number of benzene rings is 1. The van der Waals surface area contributed by atoms with Crippen molar-refractivity contribution in [3.05, 3.63) is 28.3 Å². The summed E-state index contributed by atoms with van der Waals surface area (Å²) in [5.41, 5.74) is -0.568. The number of nitro groups is 1. The summed E-state index contributed by atoms with van der Waals surface area (Å²) in [4.78, 5) is 22.7. The normalized spacial score (nSPS) is 11.2. The molecule has 0 saturated carbocycles. The van der Waals surface area contributed by atoms with E-state index in [4.69, 9.17) is 23.7 Å². The first-order chi connectivity index (χ1) is 14.7. The highest BCUT2D eigenvalue weighted by Crippen LogP contribution is 2.31. The Kier molecular flexibility index (Phi) is 12.9. The van der Waals surface area contributed by atoms with Crippen LogP contribution in [0.5, 0.6) is 5.75 Å². The molecule has 0 fully saturated rings. The van der Waals surface area contributed by atoms with Crippen molar-refractivity contribution >= 4 is 23.5 Å². The average molecular weight is 461 g/mol. The zero-order chi connectivity index (χ0) is 23.1. The van der Waals surface area contributed by atoms with Gasteiger partial charge in [0.1, 0.15) is 5.60 Å². The van der Waals surface area contributed by atoms with Crippen molar-refractivity contribution in [1.82, 2.24) is 5.32 Å². The van der Waals surface area contributed by atoms with Crippen LogP contribution in [0.15, 0.2) is 23.1 Å². The smallest absolute Gasteiger partial charge is 0.407 e. The molecule has 0 radical (unpaired) electrons. The van der Waals surface area contributed by atoms with Gasteiger partial charge < -0.3 is 29.0 Å². The summed E-state index contributed by atoms with van der Waals surface area (Å²) in [7, 11) is 1.41. The minimum absolute atomic E-state index is 0.0523. The first-order valence-corrected chi connectivity index (χ1v) is 10.9. The molecule has 0 bridgehead atoms. The Hall–Kier alpha value is -2.08. The van der Waals surface area contributed by atoms with Crippen molar-refractivity contribution < 1.29 is 33.4 Å². The second kappa shape index (κ2) is 14.8. The number of ether oxygens (including phenoxy) is 5. The van der Waals surface area contributed by atoms with Crippen molar-refractivity contribution in [3.8, 4) is 5.75 Å². The zero-order valence-corrected chi connectivity index (χ0v) is 19.3. The highest BCUT2D eigenvalue weighted by atomic mass is 32.2. The van der Waals surface area contributed by atoms with Gasteiger partial charge in [-0.1, -0.05) is 0 Å². The van der Waals surface area contributed by atoms with Gasteiger partial charge >= 0.3 is 11.8 Å². The Balaban J connectivity index is 1.96. The van der Waals surface area contributed by atoms with Crippen LogP contribution >= 0.6 is 11.8 Å². The molecule has 0 unspecified atom stereocenters. The maximum absolute atomic E-state index is 11.4. The molecule has 10 nitrogen and oxygen atoms in total. The van der Waals surface area contributed by atoms with Crippen LogP contribution in [0, 0.1) is 10.1 Å². The summed E-state index contributed by atoms with van der Waals surface area (Å²) in [6, 6.07) is 4.78. The summed E-state index contributed by atoms with van der Waals surface area (Å²) in [5.74, 6) is 0.946. The Morgan fingerprint density at radius 1 is 1.06 bits per heavy atom. The molecule has 1 rings (SSSR count). The van der Waals surface area contributed by atoms with Crippen LogP contribution < -0.4 is 10.1 Å². The number of thioether (sulfide) groups is 1. The molecule has 11 heteroatoms. The molecule has 0 aromatic heterocycles. The van der Waals surface area contributed by atoms with Gasteiger partial charge in [0, 0.05) is 29.3 Å². The molecule has 1 aromatic carbocycles. The van der Waals surface area contributed by atoms with Gasteiger partial charge in [-0.25, -0.2) is 4.79 Å². The summed E-state index contributed by atoms with van der Waals surface area (Å²) < 4.78 is 26.4. The number of nitro benzene ring substituents is 1. The molecule has 31 heavy (non-hydrogen) atoms. The summed E-state index contributed by atoms with van der Waals surface area (Å²) in [5, 5.41) is 13.5. The molecule has 1 aromatic rings. The Labute approximate surface area is 187 Å². The lowest BCUT2D eigenvalue weighted by Gasteiger charge is -2.19. The van der Waals surface area contributed by atoms with Crippen molar-refractivity contribution in [1.29, 1.82) is 0 Å². The first kappa shape index (κ1) is 27.0. The minimum Gasteiger partial charge on any atom is -0.490 e. The van der Waals surface area contributed by atoms with Crippen LogP contribution in [-0.2, 0) is 18.9 Å². The van der Waals surface area contributed by atoms with E-state index in [9.17, 15) is 14.9 Å². The van der Waals surface area contributed by atoms with Gasteiger partial charge in [-0.2, -0.15) is 0 Å². The lowest BCUT2D eigenvalue weighted by atomic mass is 10.2. The number of alkyl carbamates (subject to hydrolysis) is 1. The van der Waals surface area contributed by atoms with E-state index in [-0.39, 0.29) is 11.4 Å². The highest BCUT2D eigenvalue weighted by molar-refractivity contribution is 7.99. The predicted octanol–water partition coefficient (Wildman–Crippen LogP) is 3.27. The zero-order valence-electron chi connectivity index (χ0n) is 18.5. The molecule has 0 atom stereocenters. The number of carbonyl (C=O) groups excluding carboxylic acids is 1. The first-order valence-electron chi connectivity index (χ1n) is 9.88. The van der Waals surface area contributed by atoms with Crippen LogP contribution in [-0.4, -0.2) is 75.7 Å². The Bertz CT molecular complexity index is 682. The third-order valence-electron chi connectivity index (χ3n) is 3.50. The number of rotatable bonds is 15. The van der Waals surface area contributed by atoms with E-state index >= 15 is 0 Å². The van der Waals surface area contributed by atoms with Gasteiger partial charge in [-0.15, -0.1) is 11.8 Å². The van der Waals surface area contributed by atoms with Crippen LogP contribution in [0.2, 0.25) is 0 Å². The number of hydrogen-bond acceptors (Lipinski definition) is 9. The molecule has 1 N–H and O–H groups in total. The molecular formula is C20H32N2O8S. The maximum atomic E-state index is 11.4. The topological polar surface area (TPSA) is 118 Å². The van der Waals surface area contributed by atoms with Crippen LogP contribution in [0.4, 0.5) is 10.5 Å². The predicted molar refractivity (Wildman–Crippen MR) is 117 cm³/mol. The number of hydrogen-bond donors (Lipinski definition) is 1. The third-order valence-corrected chi connectivity index (χ3v) is 4.46. The molecule has 176 valence electrons. The standard InChI is InChI=1S/C20H32N2O8S/c1-20(2,3)30-19(23)21-7-8-27-9-10-28-11-12-29-13-14-31-16-5-6-17(22(24)25)18(15-16)26-4/h5-6,15H,7-14H2,1-4H3,(H,21,23). The second-order valence-electron chi connectivity index (χ2n) is 7.21. The fourth-order valence-corrected chi connectivity index (χ4v) is 2.99. The lowest BCUT2D eigenvalue weighted by Crippen LogP contribution is -2.34. The quantitative estimate of drug-likeness (QED) is 0.182. The SMILES string of the molecule is COc1cc(SCCOCCOCCOCCNC(=O)OC(C)(C)C)ccc1[N+](=O)[O-]. The van der Waals surface area contributed by atoms with Gasteiger partial charge in [-0.3, -0.25) is 10.1 Å². The van der Waals surface area contributed by atoms with E-state index < -0.39 is 16.6 Å². The van der Waals surface area contributed by atoms with E-state index in [2.05, 4.69) is 5.32 Å². The van der Waals surface area contributed by atoms with E-state index in [1.54, 1.807) is 32.9 Å². The fraction of sp³-hybridized carbons (Fsp3) is 0.650. The van der Waals surface area contributed by atoms with Crippen molar-refractivity contribution in [2.24, 2.45) is 0 Å². The molecule has 0 saturated heterocycles. The third kappa shape index (κ3) is 13.0. The monoisotopic (exact) mass is 460 g/mol.